The Morgan fingerprint density at radius 2 is 1.96 bits per heavy atom. The van der Waals surface area contributed by atoms with Crippen molar-refractivity contribution < 1.29 is 22.8 Å². The van der Waals surface area contributed by atoms with Gasteiger partial charge in [0.15, 0.2) is 11.6 Å². The third-order valence-electron chi connectivity index (χ3n) is 4.24. The maximum Gasteiger partial charge on any atom is 0.230 e. The molecule has 10 heteroatoms. The second-order valence-corrected chi connectivity index (χ2v) is 5.99. The highest BCUT2D eigenvalue weighted by Gasteiger charge is 2.19. The topological polar surface area (TPSA) is 85.5 Å². The van der Waals surface area contributed by atoms with Crippen LogP contribution in [0, 0.1) is 11.6 Å². The molecular weight excluding hydrogens is 372 g/mol. The average molecular weight is 389 g/mol. The van der Waals surface area contributed by atoms with Gasteiger partial charge in [-0.15, -0.1) is 0 Å². The first-order valence-corrected chi connectivity index (χ1v) is 8.57. The van der Waals surface area contributed by atoms with Crippen molar-refractivity contribution >= 4 is 17.7 Å². The van der Waals surface area contributed by atoms with Crippen LogP contribution in [0.25, 0.3) is 11.3 Å². The number of aromatic nitrogens is 3. The third kappa shape index (κ3) is 3.58. The summed E-state index contributed by atoms with van der Waals surface area (Å²) in [6.45, 7) is 2.66. The number of benzene rings is 1. The molecule has 0 unspecified atom stereocenters. The van der Waals surface area contributed by atoms with Crippen molar-refractivity contribution in [2.75, 3.05) is 43.6 Å². The van der Waals surface area contributed by atoms with Crippen LogP contribution in [-0.2, 0) is 4.74 Å². The van der Waals surface area contributed by atoms with Crippen molar-refractivity contribution in [1.82, 2.24) is 15.1 Å². The third-order valence-corrected chi connectivity index (χ3v) is 4.24. The zero-order valence-electron chi connectivity index (χ0n) is 15.0. The van der Waals surface area contributed by atoms with E-state index in [0.717, 1.165) is 0 Å². The standard InChI is InChI=1S/C18H17F2N5O3/c1-26-13-3-2-11(16(19)17(13)20)12-10-15(28-24-12)22-14-4-5-21-18(23-14)25-6-8-27-9-7-25/h2-5,10H,6-9H2,1H3,(H,21,22,23). The van der Waals surface area contributed by atoms with Crippen LogP contribution in [0.3, 0.4) is 0 Å². The molecule has 0 aliphatic carbocycles. The van der Waals surface area contributed by atoms with Crippen molar-refractivity contribution in [3.8, 4) is 17.0 Å². The summed E-state index contributed by atoms with van der Waals surface area (Å²) in [5.41, 5.74) is 0.107. The SMILES string of the molecule is COc1ccc(-c2cc(Nc3ccnc(N4CCOCC4)n3)on2)c(F)c1F. The molecule has 1 aromatic carbocycles. The number of anilines is 3. The largest absolute Gasteiger partial charge is 0.494 e. The molecule has 1 saturated heterocycles. The van der Waals surface area contributed by atoms with Crippen molar-refractivity contribution in [2.24, 2.45) is 0 Å². The van der Waals surface area contributed by atoms with E-state index in [2.05, 4.69) is 20.4 Å². The first kappa shape index (κ1) is 18.1. The maximum absolute atomic E-state index is 14.2. The summed E-state index contributed by atoms with van der Waals surface area (Å²) in [5, 5.41) is 6.75. The zero-order valence-corrected chi connectivity index (χ0v) is 15.0. The summed E-state index contributed by atoms with van der Waals surface area (Å²) < 4.78 is 43.4. The molecule has 1 N–H and O–H groups in total. The first-order chi connectivity index (χ1) is 13.7. The van der Waals surface area contributed by atoms with Gasteiger partial charge < -0.3 is 24.2 Å². The lowest BCUT2D eigenvalue weighted by Crippen LogP contribution is -2.37. The second-order valence-electron chi connectivity index (χ2n) is 5.99. The molecule has 1 aliphatic rings. The summed E-state index contributed by atoms with van der Waals surface area (Å²) in [7, 11) is 1.27. The molecule has 2 aromatic heterocycles. The van der Waals surface area contributed by atoms with Gasteiger partial charge in [0.2, 0.25) is 17.6 Å². The molecule has 0 atom stereocenters. The molecule has 3 heterocycles. The van der Waals surface area contributed by atoms with Crippen LogP contribution in [0.2, 0.25) is 0 Å². The summed E-state index contributed by atoms with van der Waals surface area (Å²) in [6.07, 6.45) is 1.62. The van der Waals surface area contributed by atoms with E-state index in [1.165, 1.54) is 25.3 Å². The van der Waals surface area contributed by atoms with Gasteiger partial charge in [0, 0.05) is 30.9 Å². The van der Waals surface area contributed by atoms with Gasteiger partial charge in [0.05, 0.1) is 20.3 Å². The fraction of sp³-hybridized carbons (Fsp3) is 0.278. The minimum atomic E-state index is -1.08. The Kier molecular flexibility index (Phi) is 5.02. The molecule has 1 fully saturated rings. The zero-order chi connectivity index (χ0) is 19.5. The van der Waals surface area contributed by atoms with Crippen molar-refractivity contribution in [1.29, 1.82) is 0 Å². The molecule has 146 valence electrons. The number of nitrogens with one attached hydrogen (secondary N) is 1. The van der Waals surface area contributed by atoms with Crippen LogP contribution < -0.4 is 15.0 Å². The van der Waals surface area contributed by atoms with Crippen LogP contribution in [-0.4, -0.2) is 48.5 Å². The van der Waals surface area contributed by atoms with Gasteiger partial charge in [-0.2, -0.15) is 9.37 Å². The maximum atomic E-state index is 14.2. The molecule has 8 nitrogen and oxygen atoms in total. The number of rotatable bonds is 5. The van der Waals surface area contributed by atoms with Crippen LogP contribution in [0.1, 0.15) is 0 Å². The lowest BCUT2D eigenvalue weighted by atomic mass is 10.1. The Bertz CT molecular complexity index is 976. The molecule has 0 bridgehead atoms. The van der Waals surface area contributed by atoms with Crippen LogP contribution >= 0.6 is 0 Å². The highest BCUT2D eigenvalue weighted by molar-refractivity contribution is 5.65. The fourth-order valence-electron chi connectivity index (χ4n) is 2.81. The molecule has 0 saturated carbocycles. The van der Waals surface area contributed by atoms with Gasteiger partial charge in [-0.1, -0.05) is 5.16 Å². The second kappa shape index (κ2) is 7.77. The number of hydrogen-bond donors (Lipinski definition) is 1. The molecule has 0 spiro atoms. The number of hydrogen-bond acceptors (Lipinski definition) is 8. The molecule has 1 aliphatic heterocycles. The molecule has 0 amide bonds. The van der Waals surface area contributed by atoms with E-state index < -0.39 is 11.6 Å². The van der Waals surface area contributed by atoms with Gasteiger partial charge >= 0.3 is 0 Å². The predicted molar refractivity (Wildman–Crippen MR) is 96.8 cm³/mol. The number of ether oxygens (including phenoxy) is 2. The lowest BCUT2D eigenvalue weighted by Gasteiger charge is -2.26. The Hall–Kier alpha value is -3.27. The van der Waals surface area contributed by atoms with Gasteiger partial charge in [-0.05, 0) is 18.2 Å². The van der Waals surface area contributed by atoms with E-state index >= 15 is 0 Å². The Morgan fingerprint density at radius 1 is 1.14 bits per heavy atom. The predicted octanol–water partition coefficient (Wildman–Crippen LogP) is 3.00. The molecule has 4 rings (SSSR count). The summed E-state index contributed by atoms with van der Waals surface area (Å²) >= 11 is 0. The quantitative estimate of drug-likeness (QED) is 0.713. The van der Waals surface area contributed by atoms with Crippen LogP contribution in [0.15, 0.2) is 35.0 Å². The molecule has 28 heavy (non-hydrogen) atoms. The minimum Gasteiger partial charge on any atom is -0.494 e. The normalized spacial score (nSPS) is 14.2. The van der Waals surface area contributed by atoms with Crippen LogP contribution in [0.4, 0.5) is 26.4 Å². The Balaban J connectivity index is 1.53. The lowest BCUT2D eigenvalue weighted by molar-refractivity contribution is 0.122. The number of halogens is 2. The van der Waals surface area contributed by atoms with E-state index in [0.29, 0.717) is 38.1 Å². The minimum absolute atomic E-state index is 0.0354. The number of methoxy groups -OCH3 is 1. The Morgan fingerprint density at radius 3 is 2.75 bits per heavy atom. The highest BCUT2D eigenvalue weighted by atomic mass is 19.2. The number of morpholine rings is 1. The monoisotopic (exact) mass is 389 g/mol. The van der Waals surface area contributed by atoms with Crippen LogP contribution in [0.5, 0.6) is 5.75 Å². The van der Waals surface area contributed by atoms with E-state index in [4.69, 9.17) is 14.0 Å². The van der Waals surface area contributed by atoms with E-state index in [1.807, 2.05) is 4.90 Å². The molecular formula is C18H17F2N5O3. The van der Waals surface area contributed by atoms with E-state index in [-0.39, 0.29) is 22.9 Å². The Labute approximate surface area is 159 Å². The van der Waals surface area contributed by atoms with E-state index in [1.54, 1.807) is 12.3 Å². The summed E-state index contributed by atoms with van der Waals surface area (Å²) in [5.74, 6) is -1.03. The smallest absolute Gasteiger partial charge is 0.230 e. The van der Waals surface area contributed by atoms with Gasteiger partial charge in [0.25, 0.3) is 0 Å². The highest BCUT2D eigenvalue weighted by Crippen LogP contribution is 2.31. The van der Waals surface area contributed by atoms with Crippen molar-refractivity contribution in [3.63, 3.8) is 0 Å². The first-order valence-electron chi connectivity index (χ1n) is 8.57. The van der Waals surface area contributed by atoms with Gasteiger partial charge in [0.1, 0.15) is 11.5 Å². The molecule has 3 aromatic rings. The van der Waals surface area contributed by atoms with Crippen molar-refractivity contribution in [3.05, 3.63) is 42.1 Å². The fourth-order valence-corrected chi connectivity index (χ4v) is 2.81. The molecule has 0 radical (unpaired) electrons. The van der Waals surface area contributed by atoms with Gasteiger partial charge in [-0.25, -0.2) is 9.37 Å². The average Bonchev–Trinajstić information content (AvgIpc) is 3.19. The number of nitrogens with zero attached hydrogens (tertiary/aromatic N) is 4. The summed E-state index contributed by atoms with van der Waals surface area (Å²) in [4.78, 5) is 10.7. The summed E-state index contributed by atoms with van der Waals surface area (Å²) in [6, 6.07) is 5.83. The van der Waals surface area contributed by atoms with Crippen molar-refractivity contribution in [2.45, 2.75) is 0 Å². The van der Waals surface area contributed by atoms with Gasteiger partial charge in [-0.3, -0.25) is 0 Å². The van der Waals surface area contributed by atoms with E-state index in [9.17, 15) is 8.78 Å².